The summed E-state index contributed by atoms with van der Waals surface area (Å²) in [5, 5.41) is 8.99. The van der Waals surface area contributed by atoms with Gasteiger partial charge in [0.1, 0.15) is 11.9 Å². The van der Waals surface area contributed by atoms with Gasteiger partial charge in [-0.15, -0.1) is 0 Å². The molecule has 0 bridgehead atoms. The van der Waals surface area contributed by atoms with E-state index in [9.17, 15) is 4.39 Å². The van der Waals surface area contributed by atoms with Crippen molar-refractivity contribution in [3.63, 3.8) is 0 Å². The van der Waals surface area contributed by atoms with Gasteiger partial charge in [-0.1, -0.05) is 6.07 Å². The number of benzene rings is 1. The molecule has 0 amide bonds. The lowest BCUT2D eigenvalue weighted by Gasteiger charge is -2.30. The first kappa shape index (κ1) is 15.0. The molecule has 6 heteroatoms. The Labute approximate surface area is 133 Å². The van der Waals surface area contributed by atoms with Gasteiger partial charge in [-0.3, -0.25) is 4.98 Å². The number of nitrogens with zero attached hydrogens (tertiary/aromatic N) is 3. The molecule has 3 rings (SSSR count). The molecule has 0 radical (unpaired) electrons. The van der Waals surface area contributed by atoms with Gasteiger partial charge in [-0.25, -0.2) is 9.38 Å². The van der Waals surface area contributed by atoms with Crippen molar-refractivity contribution in [3.8, 4) is 17.2 Å². The first-order chi connectivity index (χ1) is 11.0. The molecule has 116 valence electrons. The van der Waals surface area contributed by atoms with E-state index in [-0.39, 0.29) is 11.8 Å². The number of hydrogen-bond acceptors (Lipinski definition) is 5. The number of aliphatic imine (C=N–C) groups is 1. The summed E-state index contributed by atoms with van der Waals surface area (Å²) < 4.78 is 19.5. The number of aromatic nitrogens is 1. The standard InChI is InChI=1S/C17H15FN4O/c1-17(4-5-23-16(20)22-17)14-7-12(2-3-15(14)18)13-6-11(8-19)9-21-10-13/h2-3,6-7,9-10H,4-5H2,1H3,(H2,20,22)/t17-/m0/s1. The summed E-state index contributed by atoms with van der Waals surface area (Å²) in [5.74, 6) is -0.348. The summed E-state index contributed by atoms with van der Waals surface area (Å²) in [6, 6.07) is 8.62. The third-order valence-corrected chi connectivity index (χ3v) is 3.94. The van der Waals surface area contributed by atoms with E-state index >= 15 is 0 Å². The molecule has 23 heavy (non-hydrogen) atoms. The van der Waals surface area contributed by atoms with E-state index in [2.05, 4.69) is 9.98 Å². The molecule has 1 atom stereocenters. The van der Waals surface area contributed by atoms with Gasteiger partial charge in [0.25, 0.3) is 6.02 Å². The number of ether oxygens (including phenoxy) is 1. The fourth-order valence-corrected chi connectivity index (χ4v) is 2.66. The number of halogens is 1. The zero-order valence-corrected chi connectivity index (χ0v) is 12.6. The average molecular weight is 310 g/mol. The molecule has 1 aromatic carbocycles. The van der Waals surface area contributed by atoms with Crippen molar-refractivity contribution in [3.05, 3.63) is 53.6 Å². The summed E-state index contributed by atoms with van der Waals surface area (Å²) in [7, 11) is 0. The van der Waals surface area contributed by atoms with Crippen LogP contribution in [-0.4, -0.2) is 17.6 Å². The summed E-state index contributed by atoms with van der Waals surface area (Å²) >= 11 is 0. The highest BCUT2D eigenvalue weighted by Gasteiger charge is 2.32. The van der Waals surface area contributed by atoms with Crippen LogP contribution in [0, 0.1) is 17.1 Å². The van der Waals surface area contributed by atoms with E-state index in [0.717, 1.165) is 11.1 Å². The van der Waals surface area contributed by atoms with Crippen LogP contribution >= 0.6 is 0 Å². The van der Waals surface area contributed by atoms with Crippen LogP contribution in [0.3, 0.4) is 0 Å². The second kappa shape index (κ2) is 5.69. The molecule has 0 spiro atoms. The second-order valence-corrected chi connectivity index (χ2v) is 5.59. The lowest BCUT2D eigenvalue weighted by molar-refractivity contribution is 0.215. The number of nitrogens with two attached hydrogens (primary N) is 1. The van der Waals surface area contributed by atoms with Crippen LogP contribution in [0.1, 0.15) is 24.5 Å². The van der Waals surface area contributed by atoms with Gasteiger partial charge in [-0.05, 0) is 30.7 Å². The highest BCUT2D eigenvalue weighted by atomic mass is 19.1. The minimum atomic E-state index is -0.775. The van der Waals surface area contributed by atoms with E-state index in [0.29, 0.717) is 24.2 Å². The van der Waals surface area contributed by atoms with E-state index in [1.807, 2.05) is 13.0 Å². The predicted molar refractivity (Wildman–Crippen MR) is 83.9 cm³/mol. The van der Waals surface area contributed by atoms with Crippen molar-refractivity contribution in [1.29, 1.82) is 5.26 Å². The quantitative estimate of drug-likeness (QED) is 0.924. The van der Waals surface area contributed by atoms with Gasteiger partial charge in [-0.2, -0.15) is 5.26 Å². The lowest BCUT2D eigenvalue weighted by Crippen LogP contribution is -2.34. The molecular weight excluding hydrogens is 295 g/mol. The zero-order valence-electron chi connectivity index (χ0n) is 12.6. The topological polar surface area (TPSA) is 84.3 Å². The fourth-order valence-electron chi connectivity index (χ4n) is 2.66. The van der Waals surface area contributed by atoms with Crippen LogP contribution in [0.2, 0.25) is 0 Å². The molecule has 0 aliphatic carbocycles. The monoisotopic (exact) mass is 310 g/mol. The fraction of sp³-hybridized carbons (Fsp3) is 0.235. The maximum absolute atomic E-state index is 14.4. The van der Waals surface area contributed by atoms with Gasteiger partial charge >= 0.3 is 0 Å². The van der Waals surface area contributed by atoms with Gasteiger partial charge < -0.3 is 10.5 Å². The molecule has 0 saturated heterocycles. The summed E-state index contributed by atoms with van der Waals surface area (Å²) in [4.78, 5) is 8.32. The van der Waals surface area contributed by atoms with Gasteiger partial charge in [0.15, 0.2) is 0 Å². The molecule has 1 aliphatic rings. The number of hydrogen-bond donors (Lipinski definition) is 1. The number of amidine groups is 1. The molecule has 2 N–H and O–H groups in total. The molecule has 0 fully saturated rings. The van der Waals surface area contributed by atoms with Crippen LogP contribution in [-0.2, 0) is 10.3 Å². The highest BCUT2D eigenvalue weighted by molar-refractivity contribution is 5.73. The van der Waals surface area contributed by atoms with E-state index < -0.39 is 5.54 Å². The molecule has 0 saturated carbocycles. The minimum Gasteiger partial charge on any atom is -0.465 e. The van der Waals surface area contributed by atoms with Crippen LogP contribution in [0.25, 0.3) is 11.1 Å². The Morgan fingerprint density at radius 3 is 2.87 bits per heavy atom. The molecule has 1 aromatic heterocycles. The zero-order chi connectivity index (χ0) is 16.4. The van der Waals surface area contributed by atoms with Crippen molar-refractivity contribution >= 4 is 6.02 Å². The van der Waals surface area contributed by atoms with Crippen molar-refractivity contribution in [2.24, 2.45) is 10.7 Å². The van der Waals surface area contributed by atoms with E-state index in [1.165, 1.54) is 12.3 Å². The predicted octanol–water partition coefficient (Wildman–Crippen LogP) is 2.71. The Kier molecular flexibility index (Phi) is 3.70. The Morgan fingerprint density at radius 2 is 2.13 bits per heavy atom. The maximum Gasteiger partial charge on any atom is 0.282 e. The number of nitriles is 1. The molecule has 2 heterocycles. The lowest BCUT2D eigenvalue weighted by atomic mass is 9.86. The normalized spacial score (nSPS) is 20.3. The summed E-state index contributed by atoms with van der Waals surface area (Å²) in [6.07, 6.45) is 3.66. The average Bonchev–Trinajstić information content (AvgIpc) is 2.55. The van der Waals surface area contributed by atoms with Crippen LogP contribution in [0.5, 0.6) is 0 Å². The van der Waals surface area contributed by atoms with Crippen molar-refractivity contribution in [2.45, 2.75) is 18.9 Å². The Hall–Kier alpha value is -2.94. The molecule has 0 unspecified atom stereocenters. The van der Waals surface area contributed by atoms with E-state index in [4.69, 9.17) is 15.7 Å². The molecule has 2 aromatic rings. The molecular formula is C17H15FN4O. The summed E-state index contributed by atoms with van der Waals surface area (Å²) in [6.45, 7) is 2.22. The Bertz CT molecular complexity index is 828. The van der Waals surface area contributed by atoms with Crippen molar-refractivity contribution < 1.29 is 9.13 Å². The first-order valence-corrected chi connectivity index (χ1v) is 7.15. The van der Waals surface area contributed by atoms with Crippen molar-refractivity contribution in [1.82, 2.24) is 4.98 Å². The van der Waals surface area contributed by atoms with Crippen LogP contribution in [0.15, 0.2) is 41.7 Å². The number of pyridine rings is 1. The summed E-state index contributed by atoms with van der Waals surface area (Å²) in [5.41, 5.74) is 7.29. The Morgan fingerprint density at radius 1 is 1.30 bits per heavy atom. The van der Waals surface area contributed by atoms with Crippen LogP contribution in [0.4, 0.5) is 4.39 Å². The number of rotatable bonds is 2. The Balaban J connectivity index is 2.10. The first-order valence-electron chi connectivity index (χ1n) is 7.15. The van der Waals surface area contributed by atoms with Gasteiger partial charge in [0, 0.05) is 29.9 Å². The van der Waals surface area contributed by atoms with Crippen LogP contribution < -0.4 is 5.73 Å². The van der Waals surface area contributed by atoms with Crippen molar-refractivity contribution in [2.75, 3.05) is 6.61 Å². The minimum absolute atomic E-state index is 0.0664. The SMILES string of the molecule is C[C@@]1(c2cc(-c3cncc(C#N)c3)ccc2F)CCOC(N)=N1. The molecule has 5 nitrogen and oxygen atoms in total. The van der Waals surface area contributed by atoms with Gasteiger partial charge in [0.05, 0.1) is 17.7 Å². The highest BCUT2D eigenvalue weighted by Crippen LogP contribution is 2.35. The second-order valence-electron chi connectivity index (χ2n) is 5.59. The molecule has 1 aliphatic heterocycles. The van der Waals surface area contributed by atoms with E-state index in [1.54, 1.807) is 24.4 Å². The van der Waals surface area contributed by atoms with Gasteiger partial charge in [0.2, 0.25) is 0 Å². The smallest absolute Gasteiger partial charge is 0.282 e. The maximum atomic E-state index is 14.4. The largest absolute Gasteiger partial charge is 0.465 e. The third kappa shape index (κ3) is 2.86. The third-order valence-electron chi connectivity index (χ3n) is 3.94.